The topological polar surface area (TPSA) is 50.7 Å². The number of ether oxygens (including phenoxy) is 2. The molecule has 0 fully saturated rings. The summed E-state index contributed by atoms with van der Waals surface area (Å²) >= 11 is 5.65. The summed E-state index contributed by atoms with van der Waals surface area (Å²) in [5, 5.41) is 13.5. The molecule has 2 aromatic carbocycles. The van der Waals surface area contributed by atoms with Crippen molar-refractivity contribution in [1.82, 2.24) is 5.32 Å². The molecule has 2 N–H and O–H groups in total. The summed E-state index contributed by atoms with van der Waals surface area (Å²) in [6.07, 6.45) is -0.780. The molecule has 0 aliphatic rings. The number of benzene rings is 2. The Hall–Kier alpha value is -1.82. The van der Waals surface area contributed by atoms with Crippen LogP contribution in [0.25, 0.3) is 0 Å². The van der Waals surface area contributed by atoms with E-state index in [2.05, 4.69) is 5.32 Å². The van der Waals surface area contributed by atoms with E-state index in [4.69, 9.17) is 21.1 Å². The summed E-state index contributed by atoms with van der Waals surface area (Å²) in [6, 6.07) is 9.85. The van der Waals surface area contributed by atoms with Crippen molar-refractivity contribution in [2.45, 2.75) is 12.6 Å². The van der Waals surface area contributed by atoms with Crippen LogP contribution in [0.2, 0.25) is 5.02 Å². The molecule has 1 unspecified atom stereocenters. The third-order valence-electron chi connectivity index (χ3n) is 3.45. The van der Waals surface area contributed by atoms with Gasteiger partial charge in [-0.05, 0) is 35.9 Å². The number of aliphatic hydroxyl groups is 1. The van der Waals surface area contributed by atoms with Crippen LogP contribution in [-0.2, 0) is 6.54 Å². The highest BCUT2D eigenvalue weighted by molar-refractivity contribution is 6.30. The number of hydrogen-bond donors (Lipinski definition) is 2. The van der Waals surface area contributed by atoms with Gasteiger partial charge in [-0.2, -0.15) is 0 Å². The highest BCUT2D eigenvalue weighted by atomic mass is 35.5. The van der Waals surface area contributed by atoms with Gasteiger partial charge in [0, 0.05) is 18.7 Å². The maximum atomic E-state index is 13.4. The predicted octanol–water partition coefficient (Wildman–Crippen LogP) is 3.32. The average Bonchev–Trinajstić information content (AvgIpc) is 2.57. The Morgan fingerprint density at radius 2 is 1.96 bits per heavy atom. The van der Waals surface area contributed by atoms with E-state index in [1.165, 1.54) is 12.1 Å². The first-order valence-corrected chi connectivity index (χ1v) is 7.47. The van der Waals surface area contributed by atoms with Gasteiger partial charge in [0.25, 0.3) is 0 Å². The molecule has 0 saturated carbocycles. The molecule has 0 amide bonds. The van der Waals surface area contributed by atoms with E-state index in [1.54, 1.807) is 38.5 Å². The lowest BCUT2D eigenvalue weighted by molar-refractivity contribution is 0.169. The maximum Gasteiger partial charge on any atom is 0.142 e. The molecule has 124 valence electrons. The van der Waals surface area contributed by atoms with Crippen molar-refractivity contribution >= 4 is 11.6 Å². The molecule has 0 radical (unpaired) electrons. The van der Waals surface area contributed by atoms with Crippen LogP contribution in [0.1, 0.15) is 17.2 Å². The van der Waals surface area contributed by atoms with E-state index in [0.717, 1.165) is 5.56 Å². The number of rotatable bonds is 7. The summed E-state index contributed by atoms with van der Waals surface area (Å²) in [4.78, 5) is 0. The van der Waals surface area contributed by atoms with Crippen molar-refractivity contribution in [1.29, 1.82) is 0 Å². The van der Waals surface area contributed by atoms with Crippen molar-refractivity contribution in [2.24, 2.45) is 0 Å². The molecule has 0 spiro atoms. The Kier molecular flexibility index (Phi) is 6.21. The average molecular weight is 340 g/mol. The second kappa shape index (κ2) is 8.15. The lowest BCUT2D eigenvalue weighted by atomic mass is 10.1. The van der Waals surface area contributed by atoms with Crippen LogP contribution in [0.5, 0.6) is 11.5 Å². The van der Waals surface area contributed by atoms with E-state index in [9.17, 15) is 9.50 Å². The highest BCUT2D eigenvalue weighted by Gasteiger charge is 2.14. The normalized spacial score (nSPS) is 12.0. The summed E-state index contributed by atoms with van der Waals surface area (Å²) in [7, 11) is 3.10. The van der Waals surface area contributed by atoms with Crippen molar-refractivity contribution in [3.8, 4) is 11.5 Å². The first kappa shape index (κ1) is 17.5. The van der Waals surface area contributed by atoms with Crippen molar-refractivity contribution < 1.29 is 19.0 Å². The molecule has 0 aromatic heterocycles. The Labute approximate surface area is 139 Å². The van der Waals surface area contributed by atoms with Gasteiger partial charge in [0.2, 0.25) is 0 Å². The minimum Gasteiger partial charge on any atom is -0.497 e. The SMILES string of the molecule is COc1ccc(OC)c(C(O)CNCc2ccc(Cl)c(F)c2)c1. The fourth-order valence-electron chi connectivity index (χ4n) is 2.21. The number of methoxy groups -OCH3 is 2. The molecule has 0 aliphatic carbocycles. The van der Waals surface area contributed by atoms with Gasteiger partial charge in [0.15, 0.2) is 0 Å². The van der Waals surface area contributed by atoms with E-state index < -0.39 is 11.9 Å². The molecule has 6 heteroatoms. The van der Waals surface area contributed by atoms with Gasteiger partial charge in [0.05, 0.1) is 25.3 Å². The van der Waals surface area contributed by atoms with Gasteiger partial charge in [-0.3, -0.25) is 0 Å². The lowest BCUT2D eigenvalue weighted by Gasteiger charge is -2.16. The van der Waals surface area contributed by atoms with Crippen LogP contribution >= 0.6 is 11.6 Å². The van der Waals surface area contributed by atoms with Crippen LogP contribution in [0.4, 0.5) is 4.39 Å². The van der Waals surface area contributed by atoms with Crippen molar-refractivity contribution in [2.75, 3.05) is 20.8 Å². The minimum atomic E-state index is -0.780. The van der Waals surface area contributed by atoms with E-state index in [1.807, 2.05) is 0 Å². The monoisotopic (exact) mass is 339 g/mol. The number of aliphatic hydroxyl groups excluding tert-OH is 1. The Bertz CT molecular complexity index is 666. The second-order valence-electron chi connectivity index (χ2n) is 5.00. The molecular formula is C17H19ClFNO3. The molecule has 23 heavy (non-hydrogen) atoms. The zero-order valence-corrected chi connectivity index (χ0v) is 13.7. The molecule has 0 bridgehead atoms. The number of nitrogens with one attached hydrogen (secondary N) is 1. The molecule has 0 saturated heterocycles. The standard InChI is InChI=1S/C17H19ClFNO3/c1-22-12-4-6-17(23-2)13(8-12)16(21)10-20-9-11-3-5-14(18)15(19)7-11/h3-8,16,20-21H,9-10H2,1-2H3. The van der Waals surface area contributed by atoms with E-state index >= 15 is 0 Å². The summed E-state index contributed by atoms with van der Waals surface area (Å²) in [6.45, 7) is 0.700. The zero-order valence-electron chi connectivity index (χ0n) is 13.0. The largest absolute Gasteiger partial charge is 0.497 e. The number of halogens is 2. The quantitative estimate of drug-likeness (QED) is 0.812. The van der Waals surface area contributed by atoms with Crippen LogP contribution in [0, 0.1) is 5.82 Å². The molecule has 2 aromatic rings. The molecule has 0 heterocycles. The Morgan fingerprint density at radius 1 is 1.17 bits per heavy atom. The molecule has 0 aliphatic heterocycles. The van der Waals surface area contributed by atoms with Crippen LogP contribution in [-0.4, -0.2) is 25.9 Å². The molecule has 1 atom stereocenters. The molecular weight excluding hydrogens is 321 g/mol. The third kappa shape index (κ3) is 4.58. The highest BCUT2D eigenvalue weighted by Crippen LogP contribution is 2.29. The minimum absolute atomic E-state index is 0.0925. The zero-order chi connectivity index (χ0) is 16.8. The molecule has 2 rings (SSSR count). The molecule has 4 nitrogen and oxygen atoms in total. The number of hydrogen-bond acceptors (Lipinski definition) is 4. The van der Waals surface area contributed by atoms with Gasteiger partial charge in [0.1, 0.15) is 17.3 Å². The van der Waals surface area contributed by atoms with Crippen LogP contribution < -0.4 is 14.8 Å². The van der Waals surface area contributed by atoms with Crippen LogP contribution in [0.15, 0.2) is 36.4 Å². The van der Waals surface area contributed by atoms with Gasteiger partial charge in [-0.15, -0.1) is 0 Å². The smallest absolute Gasteiger partial charge is 0.142 e. The predicted molar refractivity (Wildman–Crippen MR) is 87.6 cm³/mol. The van der Waals surface area contributed by atoms with Gasteiger partial charge >= 0.3 is 0 Å². The van der Waals surface area contributed by atoms with Crippen LogP contribution in [0.3, 0.4) is 0 Å². The summed E-state index contributed by atoms with van der Waals surface area (Å²) < 4.78 is 23.8. The maximum absolute atomic E-state index is 13.4. The van der Waals surface area contributed by atoms with Crippen molar-refractivity contribution in [3.63, 3.8) is 0 Å². The van der Waals surface area contributed by atoms with Crippen molar-refractivity contribution in [3.05, 3.63) is 58.4 Å². The first-order chi connectivity index (χ1) is 11.0. The lowest BCUT2D eigenvalue weighted by Crippen LogP contribution is -2.21. The van der Waals surface area contributed by atoms with Gasteiger partial charge in [-0.1, -0.05) is 17.7 Å². The Morgan fingerprint density at radius 3 is 2.61 bits per heavy atom. The summed E-state index contributed by atoms with van der Waals surface area (Å²) in [5.74, 6) is 0.762. The summed E-state index contributed by atoms with van der Waals surface area (Å²) in [5.41, 5.74) is 1.37. The van der Waals surface area contributed by atoms with Gasteiger partial charge in [-0.25, -0.2) is 4.39 Å². The Balaban J connectivity index is 1.99. The van der Waals surface area contributed by atoms with E-state index in [0.29, 0.717) is 23.6 Å². The second-order valence-corrected chi connectivity index (χ2v) is 5.41. The van der Waals surface area contributed by atoms with E-state index in [-0.39, 0.29) is 11.6 Å². The fraction of sp³-hybridized carbons (Fsp3) is 0.294. The fourth-order valence-corrected chi connectivity index (χ4v) is 2.33. The first-order valence-electron chi connectivity index (χ1n) is 7.09. The third-order valence-corrected chi connectivity index (χ3v) is 3.75. The van der Waals surface area contributed by atoms with Gasteiger partial charge < -0.3 is 19.9 Å².